The Balaban J connectivity index is 3.26. The lowest BCUT2D eigenvalue weighted by molar-refractivity contribution is 0.100. The number of hydrogen-bond acceptors (Lipinski definition) is 4. The van der Waals surface area contributed by atoms with Crippen molar-refractivity contribution in [1.82, 2.24) is 4.31 Å². The average molecular weight is 298 g/mol. The molecule has 0 radical (unpaired) electrons. The molecular weight excluding hydrogens is 284 g/mol. The summed E-state index contributed by atoms with van der Waals surface area (Å²) >= 11 is 4.35. The van der Waals surface area contributed by atoms with Crippen LogP contribution < -0.4 is 0 Å². The van der Waals surface area contributed by atoms with E-state index < -0.39 is 15.9 Å². The number of sulfonamides is 1. The Bertz CT molecular complexity index is 616. The molecule has 0 aliphatic rings. The smallest absolute Gasteiger partial charge is 0.266 e. The van der Waals surface area contributed by atoms with Crippen LogP contribution in [0.15, 0.2) is 34.2 Å². The van der Waals surface area contributed by atoms with Gasteiger partial charge in [0.1, 0.15) is 0 Å². The second-order valence-corrected chi connectivity index (χ2v) is 5.75. The van der Waals surface area contributed by atoms with Crippen molar-refractivity contribution < 1.29 is 13.2 Å². The zero-order valence-corrected chi connectivity index (χ0v) is 12.3. The quantitative estimate of drug-likeness (QED) is 0.615. The molecule has 0 unspecified atom stereocenters. The van der Waals surface area contributed by atoms with Crippen LogP contribution >= 0.6 is 12.2 Å². The molecule has 0 aliphatic carbocycles. The Hall–Kier alpha value is -1.40. The SMILES string of the molecule is CCN(CC)S(=O)(=O)c1cccc(C(=O)N=C=S)c1. The summed E-state index contributed by atoms with van der Waals surface area (Å²) in [6.45, 7) is 4.25. The number of thiocarbonyl (C=S) groups is 1. The van der Waals surface area contributed by atoms with Gasteiger partial charge < -0.3 is 0 Å². The number of hydrogen-bond donors (Lipinski definition) is 0. The van der Waals surface area contributed by atoms with E-state index >= 15 is 0 Å². The molecule has 0 fully saturated rings. The molecule has 19 heavy (non-hydrogen) atoms. The summed E-state index contributed by atoms with van der Waals surface area (Å²) in [7, 11) is -3.58. The Morgan fingerprint density at radius 1 is 1.37 bits per heavy atom. The standard InChI is InChI=1S/C12H14N2O3S2/c1-3-14(4-2)19(16,17)11-7-5-6-10(8-11)12(15)13-9-18/h5-8H,3-4H2,1-2H3. The van der Waals surface area contributed by atoms with Crippen molar-refractivity contribution in [1.29, 1.82) is 0 Å². The number of carbonyl (C=O) groups excluding carboxylic acids is 1. The summed E-state index contributed by atoms with van der Waals surface area (Å²) in [4.78, 5) is 14.9. The van der Waals surface area contributed by atoms with E-state index in [-0.39, 0.29) is 10.5 Å². The van der Waals surface area contributed by atoms with Crippen molar-refractivity contribution in [2.24, 2.45) is 4.99 Å². The molecule has 102 valence electrons. The molecule has 0 spiro atoms. The third kappa shape index (κ3) is 3.54. The molecule has 0 saturated carbocycles. The van der Waals surface area contributed by atoms with E-state index in [1.54, 1.807) is 13.8 Å². The van der Waals surface area contributed by atoms with E-state index in [0.717, 1.165) is 0 Å². The van der Waals surface area contributed by atoms with Gasteiger partial charge in [-0.05, 0) is 30.4 Å². The lowest BCUT2D eigenvalue weighted by atomic mass is 10.2. The normalized spacial score (nSPS) is 11.1. The summed E-state index contributed by atoms with van der Waals surface area (Å²) in [6, 6.07) is 5.74. The van der Waals surface area contributed by atoms with E-state index in [1.165, 1.54) is 28.6 Å². The molecule has 0 saturated heterocycles. The molecule has 0 atom stereocenters. The number of carbonyl (C=O) groups is 1. The number of rotatable bonds is 5. The number of aliphatic imine (C=N–C) groups is 1. The van der Waals surface area contributed by atoms with Crippen LogP contribution in [0.3, 0.4) is 0 Å². The second-order valence-electron chi connectivity index (χ2n) is 3.63. The van der Waals surface area contributed by atoms with Crippen molar-refractivity contribution in [3.05, 3.63) is 29.8 Å². The van der Waals surface area contributed by atoms with E-state index in [2.05, 4.69) is 17.2 Å². The number of isothiocyanates is 1. The van der Waals surface area contributed by atoms with Gasteiger partial charge in [0.15, 0.2) is 0 Å². The lowest BCUT2D eigenvalue weighted by Gasteiger charge is -2.18. The van der Waals surface area contributed by atoms with Crippen LogP contribution in [0, 0.1) is 0 Å². The fraction of sp³-hybridized carbons (Fsp3) is 0.333. The van der Waals surface area contributed by atoms with Crippen molar-refractivity contribution in [3.8, 4) is 0 Å². The predicted molar refractivity (Wildman–Crippen MR) is 75.9 cm³/mol. The molecule has 0 heterocycles. The molecule has 7 heteroatoms. The van der Waals surface area contributed by atoms with Crippen LogP contribution in [0.1, 0.15) is 24.2 Å². The van der Waals surface area contributed by atoms with E-state index in [0.29, 0.717) is 13.1 Å². The zero-order chi connectivity index (χ0) is 14.5. The van der Waals surface area contributed by atoms with Gasteiger partial charge in [0.05, 0.1) is 10.1 Å². The third-order valence-electron chi connectivity index (χ3n) is 2.57. The summed E-state index contributed by atoms with van der Waals surface area (Å²) in [5, 5.41) is 1.97. The number of nitrogens with zero attached hydrogens (tertiary/aromatic N) is 2. The highest BCUT2D eigenvalue weighted by Gasteiger charge is 2.22. The molecule has 0 aromatic heterocycles. The Labute approximate surface area is 118 Å². The molecule has 5 nitrogen and oxygen atoms in total. The van der Waals surface area contributed by atoms with Crippen molar-refractivity contribution in [3.63, 3.8) is 0 Å². The van der Waals surface area contributed by atoms with Crippen LogP contribution in [-0.2, 0) is 10.0 Å². The van der Waals surface area contributed by atoms with Gasteiger partial charge in [0.2, 0.25) is 10.0 Å². The Morgan fingerprint density at radius 2 is 2.00 bits per heavy atom. The van der Waals surface area contributed by atoms with Gasteiger partial charge >= 0.3 is 0 Å². The predicted octanol–water partition coefficient (Wildman–Crippen LogP) is 1.96. The van der Waals surface area contributed by atoms with E-state index in [9.17, 15) is 13.2 Å². The molecular formula is C12H14N2O3S2. The first-order valence-corrected chi connectivity index (χ1v) is 7.54. The molecule has 1 amide bonds. The maximum atomic E-state index is 12.3. The fourth-order valence-corrected chi connectivity index (χ4v) is 3.20. The monoisotopic (exact) mass is 298 g/mol. The molecule has 0 N–H and O–H groups in total. The molecule has 1 aromatic carbocycles. The second kappa shape index (κ2) is 6.68. The van der Waals surface area contributed by atoms with Gasteiger partial charge in [0, 0.05) is 18.7 Å². The van der Waals surface area contributed by atoms with Gasteiger partial charge in [0.25, 0.3) is 5.91 Å². The molecule has 0 aliphatic heterocycles. The lowest BCUT2D eigenvalue weighted by Crippen LogP contribution is -2.30. The maximum absolute atomic E-state index is 12.3. The van der Waals surface area contributed by atoms with Gasteiger partial charge in [-0.2, -0.15) is 9.30 Å². The van der Waals surface area contributed by atoms with Gasteiger partial charge in [-0.1, -0.05) is 19.9 Å². The number of benzene rings is 1. The Morgan fingerprint density at radius 3 is 2.53 bits per heavy atom. The van der Waals surface area contributed by atoms with E-state index in [4.69, 9.17) is 0 Å². The molecule has 1 rings (SSSR count). The van der Waals surface area contributed by atoms with Crippen molar-refractivity contribution in [2.45, 2.75) is 18.7 Å². The minimum atomic E-state index is -3.58. The summed E-state index contributed by atoms with van der Waals surface area (Å²) < 4.78 is 25.9. The fourth-order valence-electron chi connectivity index (χ4n) is 1.61. The zero-order valence-electron chi connectivity index (χ0n) is 10.7. The molecule has 1 aromatic rings. The first-order valence-electron chi connectivity index (χ1n) is 5.69. The van der Waals surface area contributed by atoms with Crippen LogP contribution in [0.4, 0.5) is 0 Å². The van der Waals surface area contributed by atoms with Crippen LogP contribution in [0.5, 0.6) is 0 Å². The van der Waals surface area contributed by atoms with Gasteiger partial charge in [-0.25, -0.2) is 8.42 Å². The summed E-state index contributed by atoms with van der Waals surface area (Å²) in [5.74, 6) is -0.605. The van der Waals surface area contributed by atoms with E-state index in [1.807, 2.05) is 5.16 Å². The van der Waals surface area contributed by atoms with Crippen LogP contribution in [-0.4, -0.2) is 36.9 Å². The maximum Gasteiger partial charge on any atom is 0.285 e. The summed E-state index contributed by atoms with van der Waals surface area (Å²) in [6.07, 6.45) is 0. The summed E-state index contributed by atoms with van der Waals surface area (Å²) in [5.41, 5.74) is 0.172. The van der Waals surface area contributed by atoms with Crippen LogP contribution in [0.25, 0.3) is 0 Å². The third-order valence-corrected chi connectivity index (χ3v) is 4.71. The van der Waals surface area contributed by atoms with Crippen LogP contribution in [0.2, 0.25) is 0 Å². The highest BCUT2D eigenvalue weighted by molar-refractivity contribution is 7.89. The first-order chi connectivity index (χ1) is 8.97. The highest BCUT2D eigenvalue weighted by Crippen LogP contribution is 2.17. The topological polar surface area (TPSA) is 66.8 Å². The minimum Gasteiger partial charge on any atom is -0.266 e. The van der Waals surface area contributed by atoms with Gasteiger partial charge in [-0.15, -0.1) is 0 Å². The average Bonchev–Trinajstić information content (AvgIpc) is 2.40. The van der Waals surface area contributed by atoms with Gasteiger partial charge in [-0.3, -0.25) is 4.79 Å². The minimum absolute atomic E-state index is 0.0709. The largest absolute Gasteiger partial charge is 0.285 e. The first kappa shape index (κ1) is 15.7. The number of amides is 1. The van der Waals surface area contributed by atoms with Crippen molar-refractivity contribution >= 4 is 33.3 Å². The molecule has 0 bridgehead atoms. The highest BCUT2D eigenvalue weighted by atomic mass is 32.2. The Kier molecular flexibility index (Phi) is 5.50. The van der Waals surface area contributed by atoms with Crippen molar-refractivity contribution in [2.75, 3.05) is 13.1 Å².